The van der Waals surface area contributed by atoms with Crippen LogP contribution in [0, 0.1) is 22.7 Å². The van der Waals surface area contributed by atoms with Crippen LogP contribution >= 0.6 is 11.6 Å². The number of benzene rings is 1. The number of rotatable bonds is 5. The Morgan fingerprint density at radius 1 is 1.28 bits per heavy atom. The van der Waals surface area contributed by atoms with E-state index in [4.69, 9.17) is 28.3 Å². The van der Waals surface area contributed by atoms with E-state index in [1.54, 1.807) is 25.1 Å². The number of hydrogen-bond acceptors (Lipinski definition) is 9. The van der Waals surface area contributed by atoms with Gasteiger partial charge in [-0.3, -0.25) is 9.36 Å². The highest BCUT2D eigenvalue weighted by Gasteiger charge is 2.20. The standard InChI is InChI=1S/C18H16ClN9O/c1-9(24-15-10(8-21)14(22)26-18(23)27-15)16-25-12-5-2-4-11(19)13(12)17(29)28(16)7-3-6-20/h2,4-5,9H,3,7H2,1H3,(H5,22,23,24,26,27). The summed E-state index contributed by atoms with van der Waals surface area (Å²) in [4.78, 5) is 25.4. The molecule has 2 heterocycles. The summed E-state index contributed by atoms with van der Waals surface area (Å²) in [5, 5.41) is 21.9. The molecule has 0 spiro atoms. The van der Waals surface area contributed by atoms with Crippen molar-refractivity contribution < 1.29 is 0 Å². The van der Waals surface area contributed by atoms with Crippen molar-refractivity contribution in [3.8, 4) is 12.1 Å². The van der Waals surface area contributed by atoms with E-state index in [-0.39, 0.29) is 52.1 Å². The van der Waals surface area contributed by atoms with Gasteiger partial charge in [-0.15, -0.1) is 0 Å². The molecule has 0 fully saturated rings. The lowest BCUT2D eigenvalue weighted by atomic mass is 10.2. The number of nitrogen functional groups attached to an aromatic ring is 2. The van der Waals surface area contributed by atoms with Crippen molar-refractivity contribution in [2.75, 3.05) is 16.8 Å². The van der Waals surface area contributed by atoms with Crippen molar-refractivity contribution in [2.24, 2.45) is 0 Å². The second-order valence-electron chi connectivity index (χ2n) is 6.14. The van der Waals surface area contributed by atoms with Crippen molar-refractivity contribution in [1.82, 2.24) is 19.5 Å². The van der Waals surface area contributed by atoms with Crippen LogP contribution < -0.4 is 22.3 Å². The average Bonchev–Trinajstić information content (AvgIpc) is 2.66. The molecule has 1 aromatic carbocycles. The zero-order chi connectivity index (χ0) is 21.1. The molecule has 3 aromatic rings. The molecule has 10 nitrogen and oxygen atoms in total. The number of anilines is 3. The molecule has 0 aliphatic carbocycles. The molecule has 5 N–H and O–H groups in total. The van der Waals surface area contributed by atoms with E-state index in [0.717, 1.165) is 0 Å². The molecule has 29 heavy (non-hydrogen) atoms. The highest BCUT2D eigenvalue weighted by molar-refractivity contribution is 6.35. The van der Waals surface area contributed by atoms with E-state index in [0.29, 0.717) is 11.3 Å². The number of nitrogens with zero attached hydrogens (tertiary/aromatic N) is 6. The van der Waals surface area contributed by atoms with Crippen molar-refractivity contribution in [3.05, 3.63) is 45.0 Å². The second kappa shape index (κ2) is 8.00. The van der Waals surface area contributed by atoms with Gasteiger partial charge in [-0.1, -0.05) is 17.7 Å². The van der Waals surface area contributed by atoms with E-state index in [1.165, 1.54) is 4.57 Å². The maximum Gasteiger partial charge on any atom is 0.262 e. The van der Waals surface area contributed by atoms with Gasteiger partial charge < -0.3 is 16.8 Å². The molecule has 146 valence electrons. The summed E-state index contributed by atoms with van der Waals surface area (Å²) in [5.74, 6) is 0.308. The zero-order valence-corrected chi connectivity index (χ0v) is 16.1. The molecule has 0 saturated carbocycles. The van der Waals surface area contributed by atoms with Crippen molar-refractivity contribution in [2.45, 2.75) is 25.9 Å². The lowest BCUT2D eigenvalue weighted by molar-refractivity contribution is 0.601. The average molecular weight is 410 g/mol. The van der Waals surface area contributed by atoms with Crippen LogP contribution in [0.5, 0.6) is 0 Å². The number of nitriles is 2. The molecule has 0 aliphatic heterocycles. The smallest absolute Gasteiger partial charge is 0.262 e. The molecule has 0 radical (unpaired) electrons. The van der Waals surface area contributed by atoms with Gasteiger partial charge in [0.2, 0.25) is 5.95 Å². The quantitative estimate of drug-likeness (QED) is 0.569. The van der Waals surface area contributed by atoms with E-state index in [2.05, 4.69) is 20.3 Å². The van der Waals surface area contributed by atoms with Gasteiger partial charge in [0.1, 0.15) is 23.3 Å². The SMILES string of the molecule is CC(Nc1nc(N)nc(N)c1C#N)c1nc2cccc(Cl)c2c(=O)n1CCC#N. The van der Waals surface area contributed by atoms with Gasteiger partial charge in [0.05, 0.1) is 34.5 Å². The Morgan fingerprint density at radius 3 is 2.72 bits per heavy atom. The van der Waals surface area contributed by atoms with E-state index in [9.17, 15) is 10.1 Å². The highest BCUT2D eigenvalue weighted by Crippen LogP contribution is 2.25. The second-order valence-corrected chi connectivity index (χ2v) is 6.54. The summed E-state index contributed by atoms with van der Waals surface area (Å²) in [5.41, 5.74) is 11.5. The van der Waals surface area contributed by atoms with E-state index >= 15 is 0 Å². The third-order valence-electron chi connectivity index (χ3n) is 4.22. The van der Waals surface area contributed by atoms with E-state index < -0.39 is 6.04 Å². The van der Waals surface area contributed by atoms with Crippen molar-refractivity contribution in [1.29, 1.82) is 10.5 Å². The normalized spacial score (nSPS) is 11.6. The molecule has 1 atom stereocenters. The third-order valence-corrected chi connectivity index (χ3v) is 4.53. The zero-order valence-electron chi connectivity index (χ0n) is 15.3. The number of nitrogens with one attached hydrogen (secondary N) is 1. The van der Waals surface area contributed by atoms with Gasteiger partial charge in [-0.05, 0) is 19.1 Å². The summed E-state index contributed by atoms with van der Waals surface area (Å²) in [7, 11) is 0. The van der Waals surface area contributed by atoms with Gasteiger partial charge in [-0.2, -0.15) is 20.5 Å². The molecule has 0 aliphatic rings. The predicted octanol–water partition coefficient (Wildman–Crippen LogP) is 1.96. The van der Waals surface area contributed by atoms with Crippen molar-refractivity contribution >= 4 is 40.1 Å². The Morgan fingerprint density at radius 2 is 2.03 bits per heavy atom. The summed E-state index contributed by atoms with van der Waals surface area (Å²) in [6.07, 6.45) is 0.105. The molecule has 0 saturated heterocycles. The van der Waals surface area contributed by atoms with Crippen LogP contribution in [0.15, 0.2) is 23.0 Å². The molecular weight excluding hydrogens is 394 g/mol. The topological polar surface area (TPSA) is 172 Å². The molecule has 11 heteroatoms. The predicted molar refractivity (Wildman–Crippen MR) is 109 cm³/mol. The first-order valence-corrected chi connectivity index (χ1v) is 8.90. The number of nitrogens with two attached hydrogens (primary N) is 2. The maximum absolute atomic E-state index is 13.0. The van der Waals surface area contributed by atoms with Gasteiger partial charge in [0.15, 0.2) is 5.82 Å². The van der Waals surface area contributed by atoms with Crippen LogP contribution in [-0.2, 0) is 6.54 Å². The fraction of sp³-hybridized carbons (Fsp3) is 0.222. The Labute approximate surface area is 170 Å². The highest BCUT2D eigenvalue weighted by atomic mass is 35.5. The minimum Gasteiger partial charge on any atom is -0.382 e. The summed E-state index contributed by atoms with van der Waals surface area (Å²) >= 11 is 6.19. The Kier molecular flexibility index (Phi) is 5.48. The maximum atomic E-state index is 13.0. The van der Waals surface area contributed by atoms with Crippen LogP contribution in [0.4, 0.5) is 17.6 Å². The molecular formula is C18H16ClN9O. The Balaban J connectivity index is 2.15. The number of aromatic nitrogens is 4. The van der Waals surface area contributed by atoms with Gasteiger partial charge in [-0.25, -0.2) is 4.98 Å². The fourth-order valence-corrected chi connectivity index (χ4v) is 3.18. The summed E-state index contributed by atoms with van der Waals surface area (Å²) in [6.45, 7) is 1.86. The third kappa shape index (κ3) is 3.74. The van der Waals surface area contributed by atoms with Crippen LogP contribution in [-0.4, -0.2) is 19.5 Å². The largest absolute Gasteiger partial charge is 0.382 e. The molecule has 0 amide bonds. The first kappa shape index (κ1) is 19.9. The molecule has 3 rings (SSSR count). The number of halogens is 1. The lowest BCUT2D eigenvalue weighted by Gasteiger charge is -2.20. The first-order chi connectivity index (χ1) is 13.9. The Bertz CT molecular complexity index is 1240. The molecule has 2 aromatic heterocycles. The van der Waals surface area contributed by atoms with Gasteiger partial charge >= 0.3 is 0 Å². The summed E-state index contributed by atoms with van der Waals surface area (Å²) in [6, 6.07) is 8.34. The van der Waals surface area contributed by atoms with Crippen molar-refractivity contribution in [3.63, 3.8) is 0 Å². The Hall–Kier alpha value is -3.89. The minimum atomic E-state index is -0.578. The van der Waals surface area contributed by atoms with Crippen LogP contribution in [0.3, 0.4) is 0 Å². The van der Waals surface area contributed by atoms with Gasteiger partial charge in [0.25, 0.3) is 5.56 Å². The van der Waals surface area contributed by atoms with Crippen LogP contribution in [0.25, 0.3) is 10.9 Å². The fourth-order valence-electron chi connectivity index (χ4n) is 2.93. The van der Waals surface area contributed by atoms with Gasteiger partial charge in [0, 0.05) is 6.54 Å². The van der Waals surface area contributed by atoms with Crippen LogP contribution in [0.1, 0.15) is 30.8 Å². The van der Waals surface area contributed by atoms with E-state index in [1.807, 2.05) is 12.1 Å². The monoisotopic (exact) mass is 409 g/mol. The molecule has 1 unspecified atom stereocenters. The number of fused-ring (bicyclic) bond motifs is 1. The summed E-state index contributed by atoms with van der Waals surface area (Å²) < 4.78 is 1.38. The minimum absolute atomic E-state index is 0.0285. The first-order valence-electron chi connectivity index (χ1n) is 8.53. The number of hydrogen-bond donors (Lipinski definition) is 3. The van der Waals surface area contributed by atoms with Crippen LogP contribution in [0.2, 0.25) is 5.02 Å². The molecule has 0 bridgehead atoms. The lowest BCUT2D eigenvalue weighted by Crippen LogP contribution is -2.29.